The Balaban J connectivity index is 2.67. The molecule has 0 aliphatic rings. The van der Waals surface area contributed by atoms with Crippen LogP contribution in [0.15, 0.2) is 18.3 Å². The summed E-state index contributed by atoms with van der Waals surface area (Å²) in [6.45, 7) is 0. The summed E-state index contributed by atoms with van der Waals surface area (Å²) in [5, 5.41) is 6.72. The van der Waals surface area contributed by atoms with E-state index < -0.39 is 0 Å². The van der Waals surface area contributed by atoms with Crippen LogP contribution in [-0.4, -0.2) is 21.6 Å². The van der Waals surface area contributed by atoms with E-state index in [0.717, 1.165) is 0 Å². The molecule has 62 valence electrons. The van der Waals surface area contributed by atoms with Crippen molar-refractivity contribution in [3.8, 4) is 0 Å². The second-order valence-electron chi connectivity index (χ2n) is 2.34. The first-order valence-electron chi connectivity index (χ1n) is 3.49. The molecule has 0 aliphatic carbocycles. The summed E-state index contributed by atoms with van der Waals surface area (Å²) in [6, 6.07) is 2.92. The van der Waals surface area contributed by atoms with Gasteiger partial charge < -0.3 is 5.32 Å². The van der Waals surface area contributed by atoms with Crippen molar-refractivity contribution in [1.29, 1.82) is 0 Å². The molecule has 0 fully saturated rings. The normalized spacial score (nSPS) is 10.5. The molecule has 0 bridgehead atoms. The van der Waals surface area contributed by atoms with Gasteiger partial charge in [-0.1, -0.05) is 0 Å². The van der Waals surface area contributed by atoms with Gasteiger partial charge in [0.2, 0.25) is 5.95 Å². The van der Waals surface area contributed by atoms with Crippen molar-refractivity contribution in [2.75, 3.05) is 12.4 Å². The van der Waals surface area contributed by atoms with E-state index >= 15 is 0 Å². The first-order chi connectivity index (χ1) is 5.79. The van der Waals surface area contributed by atoms with Crippen LogP contribution in [0, 0.1) is 5.82 Å². The summed E-state index contributed by atoms with van der Waals surface area (Å²) in [7, 11) is 1.71. The molecular formula is C7H7FN4. The molecule has 12 heavy (non-hydrogen) atoms. The third kappa shape index (κ3) is 0.990. The highest BCUT2D eigenvalue weighted by Gasteiger charge is 2.00. The van der Waals surface area contributed by atoms with Crippen LogP contribution in [0.4, 0.5) is 10.3 Å². The molecule has 0 aromatic carbocycles. The Morgan fingerprint density at radius 2 is 2.33 bits per heavy atom. The van der Waals surface area contributed by atoms with E-state index in [1.54, 1.807) is 13.1 Å². The summed E-state index contributed by atoms with van der Waals surface area (Å²) in [4.78, 5) is 4.05. The molecule has 1 N–H and O–H groups in total. The number of hydrogen-bond donors (Lipinski definition) is 1. The Kier molecular flexibility index (Phi) is 1.43. The van der Waals surface area contributed by atoms with Gasteiger partial charge in [-0.25, -0.2) is 8.91 Å². The van der Waals surface area contributed by atoms with E-state index in [1.807, 2.05) is 0 Å². The molecule has 2 rings (SSSR count). The van der Waals surface area contributed by atoms with Gasteiger partial charge in [0.25, 0.3) is 0 Å². The fourth-order valence-corrected chi connectivity index (χ4v) is 0.964. The fraction of sp³-hybridized carbons (Fsp3) is 0.143. The van der Waals surface area contributed by atoms with Gasteiger partial charge in [-0.3, -0.25) is 0 Å². The summed E-state index contributed by atoms with van der Waals surface area (Å²) in [5.41, 5.74) is 0.626. The standard InChI is InChI=1S/C7H7FN4/c1-9-7-10-6-3-2-5(8)4-12(6)11-7/h2-4H,1H3,(H,9,11). The first kappa shape index (κ1) is 7.02. The Hall–Kier alpha value is -1.65. The highest BCUT2D eigenvalue weighted by atomic mass is 19.1. The Labute approximate surface area is 68.0 Å². The number of anilines is 1. The van der Waals surface area contributed by atoms with E-state index in [-0.39, 0.29) is 5.82 Å². The SMILES string of the molecule is CNc1nc2ccc(F)cn2n1. The fourth-order valence-electron chi connectivity index (χ4n) is 0.964. The highest BCUT2D eigenvalue weighted by Crippen LogP contribution is 2.05. The highest BCUT2D eigenvalue weighted by molar-refractivity contribution is 5.42. The maximum atomic E-state index is 12.6. The van der Waals surface area contributed by atoms with Gasteiger partial charge in [0.1, 0.15) is 5.82 Å². The van der Waals surface area contributed by atoms with Crippen LogP contribution in [0.2, 0.25) is 0 Å². The summed E-state index contributed by atoms with van der Waals surface area (Å²) in [5.74, 6) is 0.163. The lowest BCUT2D eigenvalue weighted by Gasteiger charge is -1.88. The summed E-state index contributed by atoms with van der Waals surface area (Å²) < 4.78 is 14.0. The monoisotopic (exact) mass is 166 g/mol. The van der Waals surface area contributed by atoms with Crippen molar-refractivity contribution in [3.05, 3.63) is 24.1 Å². The van der Waals surface area contributed by atoms with E-state index in [0.29, 0.717) is 11.6 Å². The Morgan fingerprint density at radius 1 is 1.50 bits per heavy atom. The predicted octanol–water partition coefficient (Wildman–Crippen LogP) is 0.910. The van der Waals surface area contributed by atoms with Crippen molar-refractivity contribution < 1.29 is 4.39 Å². The van der Waals surface area contributed by atoms with Crippen LogP contribution in [-0.2, 0) is 0 Å². The van der Waals surface area contributed by atoms with Gasteiger partial charge >= 0.3 is 0 Å². The molecular weight excluding hydrogens is 159 g/mol. The van der Waals surface area contributed by atoms with Crippen molar-refractivity contribution in [1.82, 2.24) is 14.6 Å². The smallest absolute Gasteiger partial charge is 0.242 e. The number of pyridine rings is 1. The van der Waals surface area contributed by atoms with Crippen molar-refractivity contribution in [3.63, 3.8) is 0 Å². The summed E-state index contributed by atoms with van der Waals surface area (Å²) >= 11 is 0. The lowest BCUT2D eigenvalue weighted by atomic mass is 10.5. The average molecular weight is 166 g/mol. The Morgan fingerprint density at radius 3 is 3.08 bits per heavy atom. The molecule has 0 saturated carbocycles. The van der Waals surface area contributed by atoms with Crippen LogP contribution in [0.3, 0.4) is 0 Å². The molecule has 2 aromatic rings. The molecule has 2 heterocycles. The molecule has 0 saturated heterocycles. The van der Waals surface area contributed by atoms with Gasteiger partial charge in [-0.2, -0.15) is 4.98 Å². The van der Waals surface area contributed by atoms with Crippen LogP contribution in [0.1, 0.15) is 0 Å². The van der Waals surface area contributed by atoms with Crippen LogP contribution < -0.4 is 5.32 Å². The zero-order valence-electron chi connectivity index (χ0n) is 6.45. The van der Waals surface area contributed by atoms with Crippen molar-refractivity contribution in [2.45, 2.75) is 0 Å². The second-order valence-corrected chi connectivity index (χ2v) is 2.34. The van der Waals surface area contributed by atoms with E-state index in [1.165, 1.54) is 16.8 Å². The van der Waals surface area contributed by atoms with Crippen molar-refractivity contribution in [2.24, 2.45) is 0 Å². The molecule has 0 atom stereocenters. The third-order valence-electron chi connectivity index (χ3n) is 1.52. The van der Waals surface area contributed by atoms with E-state index in [4.69, 9.17) is 0 Å². The molecule has 0 unspecified atom stereocenters. The molecule has 4 nitrogen and oxygen atoms in total. The van der Waals surface area contributed by atoms with E-state index in [9.17, 15) is 4.39 Å². The number of aromatic nitrogens is 3. The number of fused-ring (bicyclic) bond motifs is 1. The quantitative estimate of drug-likeness (QED) is 0.684. The second kappa shape index (κ2) is 2.44. The maximum absolute atomic E-state index is 12.6. The van der Waals surface area contributed by atoms with Crippen LogP contribution >= 0.6 is 0 Å². The lowest BCUT2D eigenvalue weighted by molar-refractivity contribution is 0.615. The maximum Gasteiger partial charge on any atom is 0.242 e. The molecule has 0 spiro atoms. The summed E-state index contributed by atoms with van der Waals surface area (Å²) in [6.07, 6.45) is 1.28. The molecule has 0 radical (unpaired) electrons. The zero-order valence-corrected chi connectivity index (χ0v) is 6.45. The minimum Gasteiger partial charge on any atom is -0.356 e. The van der Waals surface area contributed by atoms with Crippen LogP contribution in [0.5, 0.6) is 0 Å². The number of hydrogen-bond acceptors (Lipinski definition) is 3. The number of nitrogens with one attached hydrogen (secondary N) is 1. The number of halogens is 1. The third-order valence-corrected chi connectivity index (χ3v) is 1.52. The van der Waals surface area contributed by atoms with Crippen LogP contribution in [0.25, 0.3) is 5.65 Å². The predicted molar refractivity (Wildman–Crippen MR) is 42.5 cm³/mol. The van der Waals surface area contributed by atoms with E-state index in [2.05, 4.69) is 15.4 Å². The Bertz CT molecular complexity index is 409. The van der Waals surface area contributed by atoms with Gasteiger partial charge in [0, 0.05) is 7.05 Å². The largest absolute Gasteiger partial charge is 0.356 e. The lowest BCUT2D eigenvalue weighted by Crippen LogP contribution is -1.91. The molecule has 5 heteroatoms. The van der Waals surface area contributed by atoms with Gasteiger partial charge in [0.05, 0.1) is 6.20 Å². The van der Waals surface area contributed by atoms with Gasteiger partial charge in [-0.15, -0.1) is 5.10 Å². The van der Waals surface area contributed by atoms with Gasteiger partial charge in [0.15, 0.2) is 5.65 Å². The minimum atomic E-state index is -0.324. The van der Waals surface area contributed by atoms with Gasteiger partial charge in [-0.05, 0) is 12.1 Å². The molecule has 2 aromatic heterocycles. The zero-order chi connectivity index (χ0) is 8.55. The number of nitrogens with zero attached hydrogens (tertiary/aromatic N) is 3. The first-order valence-corrected chi connectivity index (χ1v) is 3.49. The number of rotatable bonds is 1. The molecule has 0 amide bonds. The van der Waals surface area contributed by atoms with Crippen molar-refractivity contribution >= 4 is 11.6 Å². The topological polar surface area (TPSA) is 42.2 Å². The minimum absolute atomic E-state index is 0.324. The average Bonchev–Trinajstić information content (AvgIpc) is 2.46. The molecule has 0 aliphatic heterocycles.